The summed E-state index contributed by atoms with van der Waals surface area (Å²) in [5, 5.41) is 25.4. The van der Waals surface area contributed by atoms with E-state index in [4.69, 9.17) is 30.9 Å². The lowest BCUT2D eigenvalue weighted by molar-refractivity contribution is -0.157. The van der Waals surface area contributed by atoms with Gasteiger partial charge in [0, 0.05) is 31.8 Å². The number of carbonyl (C=O) groups is 7. The molecule has 2 aliphatic rings. The van der Waals surface area contributed by atoms with Gasteiger partial charge in [0.15, 0.2) is 0 Å². The fourth-order valence-electron chi connectivity index (χ4n) is 7.29. The van der Waals surface area contributed by atoms with Crippen LogP contribution in [0.2, 0.25) is 5.02 Å². The van der Waals surface area contributed by atoms with Crippen molar-refractivity contribution in [1.82, 2.24) is 31.9 Å². The number of nitrogens with one attached hydrogen (secondary N) is 6. The van der Waals surface area contributed by atoms with Crippen LogP contribution in [0.15, 0.2) is 54.6 Å². The minimum atomic E-state index is -1.34. The maximum atomic E-state index is 14.0. The molecule has 7 N–H and O–H groups in total. The van der Waals surface area contributed by atoms with E-state index < -0.39 is 82.7 Å². The van der Waals surface area contributed by atoms with E-state index in [1.54, 1.807) is 52.0 Å². The Morgan fingerprint density at radius 1 is 0.938 bits per heavy atom. The summed E-state index contributed by atoms with van der Waals surface area (Å²) in [6, 6.07) is 8.48. The third-order valence-corrected chi connectivity index (χ3v) is 11.6. The van der Waals surface area contributed by atoms with Crippen molar-refractivity contribution in [2.45, 2.75) is 131 Å². The quantitative estimate of drug-likeness (QED) is 0.103. The van der Waals surface area contributed by atoms with Crippen molar-refractivity contribution in [3.05, 3.63) is 76.3 Å². The van der Waals surface area contributed by atoms with E-state index in [0.717, 1.165) is 11.1 Å². The van der Waals surface area contributed by atoms with Gasteiger partial charge in [-0.2, -0.15) is 0 Å². The first-order chi connectivity index (χ1) is 30.4. The summed E-state index contributed by atoms with van der Waals surface area (Å²) >= 11 is 6.37. The third kappa shape index (κ3) is 15.5. The molecule has 0 bridgehead atoms. The van der Waals surface area contributed by atoms with Crippen molar-refractivity contribution in [3.8, 4) is 5.75 Å². The predicted octanol–water partition coefficient (Wildman–Crippen LogP) is 4.50. The Hall–Kier alpha value is -5.68. The molecule has 0 aliphatic carbocycles. The second kappa shape index (κ2) is 22.5. The van der Waals surface area contributed by atoms with Gasteiger partial charge in [-0.05, 0) is 73.4 Å². The molecule has 1 saturated heterocycles. The van der Waals surface area contributed by atoms with Gasteiger partial charge in [0.05, 0.1) is 23.7 Å². The van der Waals surface area contributed by atoms with Gasteiger partial charge >= 0.3 is 12.1 Å². The molecule has 18 heteroatoms. The van der Waals surface area contributed by atoms with Crippen LogP contribution >= 0.6 is 11.6 Å². The number of halogens is 1. The van der Waals surface area contributed by atoms with Crippen LogP contribution < -0.4 is 36.6 Å². The molecule has 2 aromatic carbocycles. The van der Waals surface area contributed by atoms with Crippen LogP contribution in [0, 0.1) is 22.7 Å². The molecule has 2 heterocycles. The van der Waals surface area contributed by atoms with Gasteiger partial charge in [-0.15, -0.1) is 0 Å². The van der Waals surface area contributed by atoms with E-state index in [-0.39, 0.29) is 56.4 Å². The Balaban J connectivity index is 1.50. The van der Waals surface area contributed by atoms with Crippen molar-refractivity contribution >= 4 is 53.2 Å². The number of esters is 1. The standard InChI is InChI=1S/C47H65ClN6O11/c1-25(2)37(54-45(61)62)42(58)51-27(4)40(56)49-23-28-14-17-30(18-15-28)39-38(65-39)26(3)34-12-11-13-36(55)52-32(21-29-16-19-35(63-10)31(48)20-29)41(57)50-24-47(8,9)44(60)53-33(43(59)64-34)22-46(5,6)7/h11,13-20,25-27,32-34,37-39,54H,12,21-24H2,1-10H3,(H,49,56)(H,50,57)(H,51,58)(H,52,55)(H,53,60)(H,61,62)/b13-11+/t26-,27?,32+,33-,34-,37?,38+,39+/m0/s1. The van der Waals surface area contributed by atoms with E-state index in [2.05, 4.69) is 31.9 Å². The van der Waals surface area contributed by atoms with Crippen LogP contribution in [-0.4, -0.2) is 96.7 Å². The number of hydrogen-bond donors (Lipinski definition) is 7. The highest BCUT2D eigenvalue weighted by atomic mass is 35.5. The highest BCUT2D eigenvalue weighted by molar-refractivity contribution is 6.32. The van der Waals surface area contributed by atoms with Crippen LogP contribution in [0.4, 0.5) is 4.79 Å². The Morgan fingerprint density at radius 2 is 1.60 bits per heavy atom. The van der Waals surface area contributed by atoms with Crippen LogP contribution in [0.5, 0.6) is 5.75 Å². The Labute approximate surface area is 385 Å². The summed E-state index contributed by atoms with van der Waals surface area (Å²) in [5.74, 6) is -3.49. The fraction of sp³-hybridized carbons (Fsp3) is 0.553. The molecule has 0 saturated carbocycles. The van der Waals surface area contributed by atoms with Gasteiger partial charge < -0.3 is 51.2 Å². The first-order valence-electron chi connectivity index (χ1n) is 21.8. The summed E-state index contributed by atoms with van der Waals surface area (Å²) in [6.07, 6.45) is 0.509. The van der Waals surface area contributed by atoms with E-state index in [9.17, 15) is 33.6 Å². The van der Waals surface area contributed by atoms with Crippen molar-refractivity contribution in [2.75, 3.05) is 13.7 Å². The normalized spacial score (nSPS) is 23.6. The lowest BCUT2D eigenvalue weighted by Gasteiger charge is -2.32. The minimum Gasteiger partial charge on any atom is -0.495 e. The van der Waals surface area contributed by atoms with Crippen LogP contribution in [0.1, 0.15) is 97.9 Å². The Kier molecular flexibility index (Phi) is 18.0. The average Bonchev–Trinajstić information content (AvgIpc) is 4.03. The molecule has 0 radical (unpaired) electrons. The Bertz CT molecular complexity index is 2090. The number of carbonyl (C=O) groups excluding carboxylic acids is 6. The third-order valence-electron chi connectivity index (χ3n) is 11.3. The number of epoxide rings is 1. The summed E-state index contributed by atoms with van der Waals surface area (Å²) in [5.41, 5.74) is 0.731. The van der Waals surface area contributed by atoms with Gasteiger partial charge in [-0.1, -0.05) is 89.6 Å². The molecule has 6 amide bonds. The number of hydrogen-bond acceptors (Lipinski definition) is 10. The number of ether oxygens (including phenoxy) is 3. The number of carboxylic acid groups (broad SMARTS) is 1. The number of cyclic esters (lactones) is 1. The van der Waals surface area contributed by atoms with Crippen molar-refractivity contribution < 1.29 is 52.9 Å². The molecule has 8 atom stereocenters. The molecular formula is C47H65ClN6O11. The van der Waals surface area contributed by atoms with Gasteiger partial charge in [0.1, 0.15) is 42.1 Å². The zero-order chi connectivity index (χ0) is 48.4. The highest BCUT2D eigenvalue weighted by Crippen LogP contribution is 2.45. The predicted molar refractivity (Wildman–Crippen MR) is 243 cm³/mol. The monoisotopic (exact) mass is 924 g/mol. The zero-order valence-corrected chi connectivity index (χ0v) is 39.6. The van der Waals surface area contributed by atoms with Gasteiger partial charge in [0.2, 0.25) is 29.5 Å². The molecule has 65 heavy (non-hydrogen) atoms. The molecule has 2 aliphatic heterocycles. The topological polar surface area (TPSA) is 243 Å². The maximum Gasteiger partial charge on any atom is 0.405 e. The summed E-state index contributed by atoms with van der Waals surface area (Å²) < 4.78 is 17.6. The molecule has 0 spiro atoms. The first kappa shape index (κ1) is 51.9. The lowest BCUT2D eigenvalue weighted by Crippen LogP contribution is -2.54. The van der Waals surface area contributed by atoms with Crippen LogP contribution in [0.25, 0.3) is 0 Å². The molecule has 356 valence electrons. The molecule has 17 nitrogen and oxygen atoms in total. The lowest BCUT2D eigenvalue weighted by atomic mass is 9.86. The molecule has 0 aromatic heterocycles. The number of amides is 6. The summed E-state index contributed by atoms with van der Waals surface area (Å²) in [7, 11) is 1.49. The average molecular weight is 926 g/mol. The first-order valence-corrected chi connectivity index (χ1v) is 22.2. The number of rotatable bonds is 14. The van der Waals surface area contributed by atoms with Crippen molar-refractivity contribution in [1.29, 1.82) is 0 Å². The molecule has 1 fully saturated rings. The van der Waals surface area contributed by atoms with Crippen LogP contribution in [-0.2, 0) is 51.2 Å². The second-order valence-electron chi connectivity index (χ2n) is 19.0. The zero-order valence-electron chi connectivity index (χ0n) is 38.8. The molecule has 4 rings (SSSR count). The van der Waals surface area contributed by atoms with Crippen molar-refractivity contribution in [3.63, 3.8) is 0 Å². The number of benzene rings is 2. The smallest absolute Gasteiger partial charge is 0.405 e. The number of methoxy groups -OCH3 is 1. The summed E-state index contributed by atoms with van der Waals surface area (Å²) in [6.45, 7) is 16.0. The summed E-state index contributed by atoms with van der Waals surface area (Å²) in [4.78, 5) is 91.5. The second-order valence-corrected chi connectivity index (χ2v) is 19.4. The van der Waals surface area contributed by atoms with E-state index >= 15 is 0 Å². The highest BCUT2D eigenvalue weighted by Gasteiger charge is 2.48. The molecule has 2 unspecified atom stereocenters. The SMILES string of the molecule is COc1ccc(C[C@H]2NC(=O)/C=C/C[C@@H]([C@H](C)[C@H]3O[C@@H]3c3ccc(CNC(=O)C(C)NC(=O)C(NC(=O)O)C(C)C)cc3)OC(=O)[C@H](CC(C)(C)C)NC(=O)C(C)(C)CNC2=O)cc1Cl. The molecular weight excluding hydrogens is 860 g/mol. The van der Waals surface area contributed by atoms with E-state index in [1.165, 1.54) is 20.1 Å². The van der Waals surface area contributed by atoms with E-state index in [0.29, 0.717) is 16.3 Å². The van der Waals surface area contributed by atoms with Crippen LogP contribution in [0.3, 0.4) is 0 Å². The Morgan fingerprint density at radius 3 is 2.20 bits per heavy atom. The van der Waals surface area contributed by atoms with Crippen molar-refractivity contribution in [2.24, 2.45) is 22.7 Å². The van der Waals surface area contributed by atoms with Gasteiger partial charge in [-0.3, -0.25) is 24.0 Å². The van der Waals surface area contributed by atoms with E-state index in [1.807, 2.05) is 52.0 Å². The fourth-order valence-corrected chi connectivity index (χ4v) is 7.57. The van der Waals surface area contributed by atoms with Gasteiger partial charge in [0.25, 0.3) is 0 Å². The van der Waals surface area contributed by atoms with Gasteiger partial charge in [-0.25, -0.2) is 9.59 Å². The maximum absolute atomic E-state index is 14.0. The molecule has 2 aromatic rings. The largest absolute Gasteiger partial charge is 0.495 e. The minimum absolute atomic E-state index is 0.0934.